The quantitative estimate of drug-likeness (QED) is 0.433. The number of benzene rings is 2. The molecule has 1 fully saturated rings. The number of likely N-dealkylation sites (N-methyl/N-ethyl adjacent to an activating group) is 1. The van der Waals surface area contributed by atoms with Crippen LogP contribution < -0.4 is 4.74 Å². The third-order valence-corrected chi connectivity index (χ3v) is 7.46. The Morgan fingerprint density at radius 2 is 1.79 bits per heavy atom. The maximum Gasteiger partial charge on any atom is 0.222 e. The van der Waals surface area contributed by atoms with Crippen LogP contribution in [0.5, 0.6) is 5.75 Å². The number of methoxy groups -OCH3 is 1. The predicted molar refractivity (Wildman–Crippen MR) is 133 cm³/mol. The molecule has 1 aliphatic rings. The van der Waals surface area contributed by atoms with Gasteiger partial charge in [0.2, 0.25) is 11.7 Å². The van der Waals surface area contributed by atoms with Crippen molar-refractivity contribution >= 4 is 34.6 Å². The first kappa shape index (κ1) is 23.5. The number of rotatable bonds is 6. The van der Waals surface area contributed by atoms with E-state index < -0.39 is 0 Å². The fraction of sp³-hybridized carbons (Fsp3) is 0.308. The topological polar surface area (TPSA) is 49.9 Å². The molecule has 0 radical (unpaired) electrons. The van der Waals surface area contributed by atoms with Gasteiger partial charge in [0, 0.05) is 41.5 Å². The average molecular weight is 483 g/mol. The van der Waals surface area contributed by atoms with E-state index in [-0.39, 0.29) is 17.7 Å². The molecule has 1 atom stereocenters. The zero-order valence-electron chi connectivity index (χ0n) is 19.0. The number of nitrogens with zero attached hydrogens (tertiary/aromatic N) is 2. The summed E-state index contributed by atoms with van der Waals surface area (Å²) in [5.41, 5.74) is 2.60. The summed E-state index contributed by atoms with van der Waals surface area (Å²) >= 11 is 7.60. The molecule has 1 saturated heterocycles. The van der Waals surface area contributed by atoms with Gasteiger partial charge in [0.1, 0.15) is 5.75 Å². The van der Waals surface area contributed by atoms with Crippen LogP contribution in [-0.4, -0.2) is 55.3 Å². The minimum absolute atomic E-state index is 0.0401. The number of ether oxygens (including phenoxy) is 1. The molecule has 1 amide bonds. The number of thiophene rings is 1. The summed E-state index contributed by atoms with van der Waals surface area (Å²) in [6.45, 7) is 4.12. The number of halogens is 1. The normalized spacial score (nSPS) is 16.6. The number of hydrogen-bond acceptors (Lipinski definition) is 5. The summed E-state index contributed by atoms with van der Waals surface area (Å²) < 4.78 is 5.22. The molecular weight excluding hydrogens is 456 g/mol. The molecule has 0 saturated carbocycles. The highest BCUT2D eigenvalue weighted by Crippen LogP contribution is 2.41. The van der Waals surface area contributed by atoms with Crippen LogP contribution in [0.15, 0.2) is 54.6 Å². The molecule has 0 aliphatic carbocycles. The van der Waals surface area contributed by atoms with Crippen molar-refractivity contribution in [2.24, 2.45) is 0 Å². The van der Waals surface area contributed by atoms with Crippen LogP contribution in [0.4, 0.5) is 0 Å². The first-order valence-corrected chi connectivity index (χ1v) is 12.2. The van der Waals surface area contributed by atoms with Crippen molar-refractivity contribution in [3.63, 3.8) is 0 Å². The molecule has 1 aliphatic heterocycles. The van der Waals surface area contributed by atoms with Crippen molar-refractivity contribution in [3.8, 4) is 16.2 Å². The van der Waals surface area contributed by atoms with Crippen LogP contribution >= 0.6 is 22.9 Å². The van der Waals surface area contributed by atoms with Gasteiger partial charge < -0.3 is 14.5 Å². The molecule has 7 heteroatoms. The summed E-state index contributed by atoms with van der Waals surface area (Å²) in [7, 11) is 3.67. The first-order valence-electron chi connectivity index (χ1n) is 11.0. The number of carbonyl (C=O) groups excluding carboxylic acids is 2. The van der Waals surface area contributed by atoms with E-state index in [1.54, 1.807) is 31.4 Å². The lowest BCUT2D eigenvalue weighted by molar-refractivity contribution is -0.135. The fourth-order valence-corrected chi connectivity index (χ4v) is 5.47. The second-order valence-electron chi connectivity index (χ2n) is 8.18. The standard InChI is InChI=1S/C26H27ClN2O3S/c1-4-24(30)29-14-13-28(2)16-22(29)21-15-23(25(31)17-7-11-20(32-3)12-8-17)33-26(21)18-5-9-19(27)10-6-18/h5-12,15,22H,4,13-14,16H2,1-3H3. The molecule has 2 aromatic carbocycles. The van der Waals surface area contributed by atoms with Gasteiger partial charge in [-0.1, -0.05) is 30.7 Å². The van der Waals surface area contributed by atoms with Crippen molar-refractivity contribution in [1.82, 2.24) is 9.80 Å². The predicted octanol–water partition coefficient (Wildman–Crippen LogP) is 5.53. The van der Waals surface area contributed by atoms with E-state index in [0.717, 1.165) is 29.1 Å². The van der Waals surface area contributed by atoms with Crippen LogP contribution in [0, 0.1) is 0 Å². The Balaban J connectivity index is 1.80. The monoisotopic (exact) mass is 482 g/mol. The van der Waals surface area contributed by atoms with Gasteiger partial charge in [0.25, 0.3) is 0 Å². The summed E-state index contributed by atoms with van der Waals surface area (Å²) in [6.07, 6.45) is 0.457. The summed E-state index contributed by atoms with van der Waals surface area (Å²) in [4.78, 5) is 32.0. The molecule has 172 valence electrons. The van der Waals surface area contributed by atoms with Crippen molar-refractivity contribution in [3.05, 3.63) is 75.6 Å². The first-order chi connectivity index (χ1) is 15.9. The van der Waals surface area contributed by atoms with E-state index in [4.69, 9.17) is 16.3 Å². The Kier molecular flexibility index (Phi) is 7.17. The number of piperazine rings is 1. The molecule has 2 heterocycles. The highest BCUT2D eigenvalue weighted by atomic mass is 35.5. The lowest BCUT2D eigenvalue weighted by Gasteiger charge is -2.40. The average Bonchev–Trinajstić information content (AvgIpc) is 3.29. The highest BCUT2D eigenvalue weighted by Gasteiger charge is 2.33. The second kappa shape index (κ2) is 10.1. The van der Waals surface area contributed by atoms with Crippen LogP contribution in [-0.2, 0) is 4.79 Å². The molecule has 0 bridgehead atoms. The Morgan fingerprint density at radius 1 is 1.09 bits per heavy atom. The Hall–Kier alpha value is -2.67. The molecule has 5 nitrogen and oxygen atoms in total. The van der Waals surface area contributed by atoms with Gasteiger partial charge in [0.15, 0.2) is 0 Å². The van der Waals surface area contributed by atoms with Gasteiger partial charge in [-0.2, -0.15) is 0 Å². The number of hydrogen-bond donors (Lipinski definition) is 0. The minimum Gasteiger partial charge on any atom is -0.497 e. The van der Waals surface area contributed by atoms with Gasteiger partial charge >= 0.3 is 0 Å². The largest absolute Gasteiger partial charge is 0.497 e. The molecule has 4 rings (SSSR count). The van der Waals surface area contributed by atoms with E-state index in [1.165, 1.54) is 11.3 Å². The molecule has 3 aromatic rings. The lowest BCUT2D eigenvalue weighted by atomic mass is 9.98. The zero-order chi connectivity index (χ0) is 23.5. The second-order valence-corrected chi connectivity index (χ2v) is 9.67. The molecule has 0 spiro atoms. The molecule has 1 aromatic heterocycles. The van der Waals surface area contributed by atoms with Crippen molar-refractivity contribution in [2.75, 3.05) is 33.8 Å². The van der Waals surface area contributed by atoms with E-state index in [2.05, 4.69) is 11.9 Å². The Morgan fingerprint density at radius 3 is 2.42 bits per heavy atom. The van der Waals surface area contributed by atoms with Crippen LogP contribution in [0.25, 0.3) is 10.4 Å². The fourth-order valence-electron chi connectivity index (χ4n) is 4.16. The van der Waals surface area contributed by atoms with E-state index in [0.29, 0.717) is 34.2 Å². The van der Waals surface area contributed by atoms with Crippen LogP contribution in [0.1, 0.15) is 40.2 Å². The number of carbonyl (C=O) groups is 2. The Bertz CT molecular complexity index is 1140. The van der Waals surface area contributed by atoms with Crippen LogP contribution in [0.2, 0.25) is 5.02 Å². The summed E-state index contributed by atoms with van der Waals surface area (Å²) in [6, 6.07) is 16.7. The number of ketones is 1. The zero-order valence-corrected chi connectivity index (χ0v) is 20.6. The third kappa shape index (κ3) is 4.98. The SMILES string of the molecule is CCC(=O)N1CCN(C)CC1c1cc(C(=O)c2ccc(OC)cc2)sc1-c1ccc(Cl)cc1. The van der Waals surface area contributed by atoms with Crippen molar-refractivity contribution in [1.29, 1.82) is 0 Å². The summed E-state index contributed by atoms with van der Waals surface area (Å²) in [5.74, 6) is 0.797. The van der Waals surface area contributed by atoms with Crippen molar-refractivity contribution < 1.29 is 14.3 Å². The number of amides is 1. The molecule has 0 N–H and O–H groups in total. The van der Waals surface area contributed by atoms with Gasteiger partial charge in [-0.15, -0.1) is 11.3 Å². The van der Waals surface area contributed by atoms with E-state index in [9.17, 15) is 9.59 Å². The maximum atomic E-state index is 13.4. The lowest BCUT2D eigenvalue weighted by Crippen LogP contribution is -2.49. The van der Waals surface area contributed by atoms with E-state index in [1.807, 2.05) is 42.2 Å². The van der Waals surface area contributed by atoms with Gasteiger partial charge in [-0.25, -0.2) is 0 Å². The van der Waals surface area contributed by atoms with E-state index >= 15 is 0 Å². The Labute approximate surface area is 203 Å². The highest BCUT2D eigenvalue weighted by molar-refractivity contribution is 7.17. The molecule has 33 heavy (non-hydrogen) atoms. The smallest absolute Gasteiger partial charge is 0.222 e. The maximum absolute atomic E-state index is 13.4. The van der Waals surface area contributed by atoms with Gasteiger partial charge in [-0.05, 0) is 60.6 Å². The van der Waals surface area contributed by atoms with Gasteiger partial charge in [-0.3, -0.25) is 9.59 Å². The third-order valence-electron chi connectivity index (χ3n) is 6.01. The molecule has 1 unspecified atom stereocenters. The summed E-state index contributed by atoms with van der Waals surface area (Å²) in [5, 5.41) is 0.659. The molecular formula is C26H27ClN2O3S. The van der Waals surface area contributed by atoms with Crippen molar-refractivity contribution in [2.45, 2.75) is 19.4 Å². The van der Waals surface area contributed by atoms with Gasteiger partial charge in [0.05, 0.1) is 18.0 Å². The minimum atomic E-state index is -0.115. The van der Waals surface area contributed by atoms with Crippen LogP contribution in [0.3, 0.4) is 0 Å².